The van der Waals surface area contributed by atoms with Crippen LogP contribution >= 0.6 is 0 Å². The lowest BCUT2D eigenvalue weighted by atomic mass is 10.0. The Morgan fingerprint density at radius 1 is 1.27 bits per heavy atom. The summed E-state index contributed by atoms with van der Waals surface area (Å²) in [5, 5.41) is 4.33. The van der Waals surface area contributed by atoms with Crippen molar-refractivity contribution in [3.8, 4) is 0 Å². The Balaban J connectivity index is 1.74. The van der Waals surface area contributed by atoms with E-state index in [0.717, 1.165) is 37.4 Å². The fourth-order valence-corrected chi connectivity index (χ4v) is 3.44. The molecule has 1 atom stereocenters. The van der Waals surface area contributed by atoms with E-state index in [4.69, 9.17) is 4.52 Å². The average molecular weight is 298 g/mol. The lowest BCUT2D eigenvalue weighted by Crippen LogP contribution is -2.23. The molecule has 0 spiro atoms. The quantitative estimate of drug-likeness (QED) is 0.809. The van der Waals surface area contributed by atoms with E-state index in [0.29, 0.717) is 6.04 Å². The molecule has 1 aliphatic heterocycles. The van der Waals surface area contributed by atoms with Crippen LogP contribution in [0.5, 0.6) is 0 Å². The molecule has 3 rings (SSSR count). The minimum absolute atomic E-state index is 0.412. The van der Waals surface area contributed by atoms with Gasteiger partial charge in [-0.2, -0.15) is 0 Å². The van der Waals surface area contributed by atoms with E-state index < -0.39 is 0 Å². The number of nitrogens with zero attached hydrogens (tertiary/aromatic N) is 2. The van der Waals surface area contributed by atoms with Gasteiger partial charge >= 0.3 is 0 Å². The average Bonchev–Trinajstić information content (AvgIpc) is 3.11. The molecule has 1 fully saturated rings. The molecule has 2 heterocycles. The zero-order valence-electron chi connectivity index (χ0n) is 13.9. The van der Waals surface area contributed by atoms with Crippen LogP contribution in [0.15, 0.2) is 28.8 Å². The fraction of sp³-hybridized carbons (Fsp3) is 0.526. The lowest BCUT2D eigenvalue weighted by molar-refractivity contribution is 0.236. The summed E-state index contributed by atoms with van der Waals surface area (Å²) < 4.78 is 5.48. The second-order valence-electron chi connectivity index (χ2n) is 6.53. The van der Waals surface area contributed by atoms with Crippen molar-refractivity contribution in [2.45, 2.75) is 59.0 Å². The van der Waals surface area contributed by atoms with Gasteiger partial charge < -0.3 is 4.52 Å². The van der Waals surface area contributed by atoms with Crippen LogP contribution in [0.4, 0.5) is 0 Å². The Bertz CT molecular complexity index is 632. The summed E-state index contributed by atoms with van der Waals surface area (Å²) in [5.41, 5.74) is 5.26. The van der Waals surface area contributed by atoms with Crippen LogP contribution in [0.25, 0.3) is 0 Å². The zero-order chi connectivity index (χ0) is 15.5. The highest BCUT2D eigenvalue weighted by molar-refractivity contribution is 5.30. The number of hydrogen-bond acceptors (Lipinski definition) is 3. The molecule has 0 bridgehead atoms. The summed E-state index contributed by atoms with van der Waals surface area (Å²) in [6.45, 7) is 8.69. The predicted octanol–water partition coefficient (Wildman–Crippen LogP) is 4.58. The van der Waals surface area contributed by atoms with Crippen molar-refractivity contribution in [3.63, 3.8) is 0 Å². The number of aryl methyl sites for hydroxylation is 3. The van der Waals surface area contributed by atoms with Gasteiger partial charge in [0.05, 0.1) is 6.04 Å². The van der Waals surface area contributed by atoms with Gasteiger partial charge in [0, 0.05) is 19.0 Å². The highest BCUT2D eigenvalue weighted by Gasteiger charge is 2.28. The second kappa shape index (κ2) is 6.66. The monoisotopic (exact) mass is 298 g/mol. The van der Waals surface area contributed by atoms with Gasteiger partial charge in [-0.15, -0.1) is 0 Å². The van der Waals surface area contributed by atoms with E-state index in [1.54, 1.807) is 0 Å². The molecule has 1 unspecified atom stereocenters. The molecule has 0 radical (unpaired) electrons. The van der Waals surface area contributed by atoms with Gasteiger partial charge in [0.15, 0.2) is 0 Å². The van der Waals surface area contributed by atoms with Crippen LogP contribution in [0.2, 0.25) is 0 Å². The minimum atomic E-state index is 0.412. The molecule has 0 N–H and O–H groups in total. The van der Waals surface area contributed by atoms with Crippen LogP contribution in [-0.2, 0) is 13.0 Å². The third kappa shape index (κ3) is 3.25. The molecule has 3 heteroatoms. The van der Waals surface area contributed by atoms with Gasteiger partial charge in [-0.1, -0.05) is 35.8 Å². The van der Waals surface area contributed by atoms with E-state index in [1.165, 1.54) is 29.5 Å². The van der Waals surface area contributed by atoms with E-state index in [9.17, 15) is 0 Å². The molecule has 2 aromatic rings. The molecule has 3 nitrogen and oxygen atoms in total. The van der Waals surface area contributed by atoms with Crippen molar-refractivity contribution in [2.75, 3.05) is 6.54 Å². The van der Waals surface area contributed by atoms with Crippen molar-refractivity contribution in [2.24, 2.45) is 0 Å². The molecule has 0 saturated carbocycles. The standard InChI is InChI=1S/C19H26N2O/c1-4-6-17-12-18(20-22-17)19-7-5-10-21(19)13-16-9-8-14(2)11-15(16)3/h8-9,11-12,19H,4-7,10,13H2,1-3H3. The Morgan fingerprint density at radius 2 is 2.14 bits per heavy atom. The number of benzene rings is 1. The van der Waals surface area contributed by atoms with Gasteiger partial charge in [-0.25, -0.2) is 0 Å². The maximum absolute atomic E-state index is 5.48. The van der Waals surface area contributed by atoms with Crippen molar-refractivity contribution in [1.82, 2.24) is 10.1 Å². The van der Waals surface area contributed by atoms with Crippen molar-refractivity contribution in [3.05, 3.63) is 52.4 Å². The van der Waals surface area contributed by atoms with Gasteiger partial charge in [0.2, 0.25) is 0 Å². The van der Waals surface area contributed by atoms with E-state index in [1.807, 2.05) is 0 Å². The predicted molar refractivity (Wildman–Crippen MR) is 88.8 cm³/mol. The van der Waals surface area contributed by atoms with E-state index in [-0.39, 0.29) is 0 Å². The highest BCUT2D eigenvalue weighted by atomic mass is 16.5. The smallest absolute Gasteiger partial charge is 0.137 e. The normalized spacial score (nSPS) is 19.0. The van der Waals surface area contributed by atoms with Crippen molar-refractivity contribution >= 4 is 0 Å². The Kier molecular flexibility index (Phi) is 4.63. The maximum atomic E-state index is 5.48. The summed E-state index contributed by atoms with van der Waals surface area (Å²) in [7, 11) is 0. The van der Waals surface area contributed by atoms with Gasteiger partial charge in [0.1, 0.15) is 11.5 Å². The zero-order valence-corrected chi connectivity index (χ0v) is 13.9. The van der Waals surface area contributed by atoms with Gasteiger partial charge in [-0.05, 0) is 50.8 Å². The highest BCUT2D eigenvalue weighted by Crippen LogP contribution is 2.33. The van der Waals surface area contributed by atoms with Crippen LogP contribution < -0.4 is 0 Å². The molecule has 1 saturated heterocycles. The largest absolute Gasteiger partial charge is 0.361 e. The second-order valence-corrected chi connectivity index (χ2v) is 6.53. The Hall–Kier alpha value is -1.61. The SMILES string of the molecule is CCCc1cc(C2CCCN2Cc2ccc(C)cc2C)no1. The number of aromatic nitrogens is 1. The summed E-state index contributed by atoms with van der Waals surface area (Å²) in [4.78, 5) is 2.55. The summed E-state index contributed by atoms with van der Waals surface area (Å²) in [6.07, 6.45) is 4.51. The minimum Gasteiger partial charge on any atom is -0.361 e. The number of rotatable bonds is 5. The molecule has 1 aromatic carbocycles. The maximum Gasteiger partial charge on any atom is 0.137 e. The third-order valence-electron chi connectivity index (χ3n) is 4.65. The molecule has 1 aliphatic rings. The van der Waals surface area contributed by atoms with Gasteiger partial charge in [-0.3, -0.25) is 4.90 Å². The van der Waals surface area contributed by atoms with Crippen molar-refractivity contribution in [1.29, 1.82) is 0 Å². The first-order valence-corrected chi connectivity index (χ1v) is 8.43. The molecule has 0 aliphatic carbocycles. The Labute approximate surface area is 133 Å². The molecule has 22 heavy (non-hydrogen) atoms. The molecule has 118 valence electrons. The summed E-state index contributed by atoms with van der Waals surface area (Å²) in [5.74, 6) is 1.02. The van der Waals surface area contributed by atoms with E-state index in [2.05, 4.69) is 55.1 Å². The van der Waals surface area contributed by atoms with Crippen LogP contribution in [-0.4, -0.2) is 16.6 Å². The number of likely N-dealkylation sites (tertiary alicyclic amines) is 1. The topological polar surface area (TPSA) is 29.3 Å². The first-order valence-electron chi connectivity index (χ1n) is 8.43. The fourth-order valence-electron chi connectivity index (χ4n) is 3.44. The third-order valence-corrected chi connectivity index (χ3v) is 4.65. The molecule has 1 aromatic heterocycles. The first kappa shape index (κ1) is 15.3. The molecular formula is C19H26N2O. The number of hydrogen-bond donors (Lipinski definition) is 0. The van der Waals surface area contributed by atoms with Crippen LogP contribution in [0, 0.1) is 13.8 Å². The van der Waals surface area contributed by atoms with Crippen LogP contribution in [0.1, 0.15) is 60.4 Å². The molecular weight excluding hydrogens is 272 g/mol. The van der Waals surface area contributed by atoms with Crippen molar-refractivity contribution < 1.29 is 4.52 Å². The summed E-state index contributed by atoms with van der Waals surface area (Å²) >= 11 is 0. The molecule has 0 amide bonds. The van der Waals surface area contributed by atoms with Gasteiger partial charge in [0.25, 0.3) is 0 Å². The van der Waals surface area contributed by atoms with Crippen LogP contribution in [0.3, 0.4) is 0 Å². The Morgan fingerprint density at radius 3 is 2.91 bits per heavy atom. The lowest BCUT2D eigenvalue weighted by Gasteiger charge is -2.23. The first-order chi connectivity index (χ1) is 10.7. The van der Waals surface area contributed by atoms with E-state index >= 15 is 0 Å². The summed E-state index contributed by atoms with van der Waals surface area (Å²) in [6, 6.07) is 9.33.